The summed E-state index contributed by atoms with van der Waals surface area (Å²) in [6.45, 7) is 4.19. The lowest BCUT2D eigenvalue weighted by molar-refractivity contribution is -0.230. The SMILES string of the molecule is C[C@@H]1CC2C3C[C@H](F)C4=CC(=O)C=C[C@]4(C)[C@@]3(F)[C@@H](O)C[C@]2(C)[C@@]1(OC(=O)c1ccc2ccccc2n1)C(=O)OCC#N. The molecular weight excluding hydrogens is 558 g/mol. The van der Waals surface area contributed by atoms with Gasteiger partial charge in [-0.3, -0.25) is 4.79 Å². The third-order valence-electron chi connectivity index (χ3n) is 10.8. The fourth-order valence-electron chi connectivity index (χ4n) is 8.80. The fourth-order valence-corrected chi connectivity index (χ4v) is 8.80. The highest BCUT2D eigenvalue weighted by atomic mass is 19.1. The van der Waals surface area contributed by atoms with Crippen LogP contribution in [0.1, 0.15) is 50.5 Å². The molecule has 8 nitrogen and oxygen atoms in total. The van der Waals surface area contributed by atoms with Crippen LogP contribution in [0.15, 0.2) is 60.2 Å². The Hall–Kier alpha value is -3.97. The highest BCUT2D eigenvalue weighted by Gasteiger charge is 2.78. The average Bonchev–Trinajstić information content (AvgIpc) is 3.20. The molecule has 0 radical (unpaired) electrons. The standard InChI is InChI=1S/C33H32F2N2O6/c1-18-14-21-22-16-24(34)23-15-20(38)10-11-30(23,2)32(22,35)27(39)17-31(21,3)33(18,29(41)42-13-12-36)43-28(40)26-9-8-19-6-4-5-7-25(19)37-26/h4-11,15,18,21-22,24,27,39H,13-14,16-17H2,1-3H3/t18-,21?,22?,24+,27+,30+,31+,32+,33+/m1/s1. The molecule has 0 aliphatic heterocycles. The number of para-hydroxylation sites is 1. The topological polar surface area (TPSA) is 127 Å². The van der Waals surface area contributed by atoms with E-state index in [1.807, 2.05) is 12.1 Å². The van der Waals surface area contributed by atoms with Crippen molar-refractivity contribution in [2.75, 3.05) is 6.61 Å². The molecule has 4 aliphatic carbocycles. The number of aliphatic hydroxyl groups is 1. The first-order valence-electron chi connectivity index (χ1n) is 14.4. The summed E-state index contributed by atoms with van der Waals surface area (Å²) in [6, 6.07) is 12.1. The van der Waals surface area contributed by atoms with Crippen molar-refractivity contribution in [3.05, 3.63) is 65.9 Å². The van der Waals surface area contributed by atoms with E-state index in [1.165, 1.54) is 25.1 Å². The van der Waals surface area contributed by atoms with Crippen molar-refractivity contribution < 1.29 is 37.7 Å². The highest BCUT2D eigenvalue weighted by molar-refractivity contribution is 6.01. The van der Waals surface area contributed by atoms with Crippen LogP contribution in [0, 0.1) is 39.9 Å². The lowest BCUT2D eigenvalue weighted by Gasteiger charge is -2.63. The summed E-state index contributed by atoms with van der Waals surface area (Å²) in [7, 11) is 0. The summed E-state index contributed by atoms with van der Waals surface area (Å²) in [5.41, 5.74) is -6.98. The molecule has 0 saturated heterocycles. The van der Waals surface area contributed by atoms with Crippen LogP contribution in [0.25, 0.3) is 10.9 Å². The molecule has 9 atom stereocenters. The lowest BCUT2D eigenvalue weighted by atomic mass is 9.44. The number of nitrogens with zero attached hydrogens (tertiary/aromatic N) is 2. The van der Waals surface area contributed by atoms with Crippen molar-refractivity contribution in [2.45, 2.75) is 63.6 Å². The van der Waals surface area contributed by atoms with Crippen LogP contribution in [-0.4, -0.2) is 58.0 Å². The van der Waals surface area contributed by atoms with Crippen LogP contribution in [0.2, 0.25) is 0 Å². The molecule has 3 saturated carbocycles. The molecule has 1 heterocycles. The van der Waals surface area contributed by atoms with Crippen LogP contribution in [-0.2, 0) is 19.1 Å². The summed E-state index contributed by atoms with van der Waals surface area (Å²) in [5.74, 6) is -4.93. The van der Waals surface area contributed by atoms with Gasteiger partial charge in [0.2, 0.25) is 5.60 Å². The van der Waals surface area contributed by atoms with E-state index in [1.54, 1.807) is 38.1 Å². The van der Waals surface area contributed by atoms with Crippen LogP contribution < -0.4 is 0 Å². The number of benzene rings is 1. The number of nitriles is 1. The molecule has 3 fully saturated rings. The predicted octanol–water partition coefficient (Wildman–Crippen LogP) is 4.76. The number of ether oxygens (including phenoxy) is 2. The molecule has 1 aromatic carbocycles. The van der Waals surface area contributed by atoms with Crippen molar-refractivity contribution in [2.24, 2.45) is 28.6 Å². The number of esters is 2. The van der Waals surface area contributed by atoms with Gasteiger partial charge in [-0.15, -0.1) is 0 Å². The maximum Gasteiger partial charge on any atom is 0.358 e. The second-order valence-electron chi connectivity index (χ2n) is 12.7. The van der Waals surface area contributed by atoms with E-state index in [4.69, 9.17) is 14.7 Å². The largest absolute Gasteiger partial charge is 0.447 e. The molecule has 224 valence electrons. The number of pyridine rings is 1. The minimum absolute atomic E-state index is 0.0130. The third-order valence-corrected chi connectivity index (χ3v) is 10.8. The first-order valence-corrected chi connectivity index (χ1v) is 14.4. The Bertz CT molecular complexity index is 1650. The van der Waals surface area contributed by atoms with Gasteiger partial charge in [0.1, 0.15) is 17.9 Å². The van der Waals surface area contributed by atoms with Gasteiger partial charge < -0.3 is 14.6 Å². The minimum atomic E-state index is -2.38. The van der Waals surface area contributed by atoms with Crippen molar-refractivity contribution in [1.29, 1.82) is 5.26 Å². The van der Waals surface area contributed by atoms with E-state index < -0.39 is 76.5 Å². The summed E-state index contributed by atoms with van der Waals surface area (Å²) in [5, 5.41) is 21.6. The fraction of sp³-hybridized carbons (Fsp3) is 0.485. The molecule has 2 unspecified atom stereocenters. The molecule has 1 N–H and O–H groups in total. The number of aliphatic hydroxyl groups excluding tert-OH is 1. The second kappa shape index (κ2) is 9.78. The van der Waals surface area contributed by atoms with E-state index >= 15 is 8.78 Å². The molecule has 0 spiro atoms. The van der Waals surface area contributed by atoms with Gasteiger partial charge in [-0.2, -0.15) is 5.26 Å². The molecule has 0 bridgehead atoms. The van der Waals surface area contributed by atoms with Crippen LogP contribution >= 0.6 is 0 Å². The number of ketones is 1. The number of hydrogen-bond acceptors (Lipinski definition) is 8. The summed E-state index contributed by atoms with van der Waals surface area (Å²) < 4.78 is 44.9. The van der Waals surface area contributed by atoms with Crippen molar-refractivity contribution in [3.8, 4) is 6.07 Å². The average molecular weight is 591 g/mol. The zero-order chi connectivity index (χ0) is 30.9. The van der Waals surface area contributed by atoms with E-state index in [0.29, 0.717) is 5.52 Å². The van der Waals surface area contributed by atoms with Crippen molar-refractivity contribution in [1.82, 2.24) is 4.98 Å². The number of aromatic nitrogens is 1. The number of allylic oxidation sites excluding steroid dienone is 4. The van der Waals surface area contributed by atoms with Gasteiger partial charge in [0.15, 0.2) is 18.1 Å². The maximum absolute atomic E-state index is 17.6. The summed E-state index contributed by atoms with van der Waals surface area (Å²) in [6.07, 6.45) is -0.228. The number of carbonyl (C=O) groups is 3. The maximum atomic E-state index is 17.6. The zero-order valence-corrected chi connectivity index (χ0v) is 24.1. The van der Waals surface area contributed by atoms with E-state index in [9.17, 15) is 19.5 Å². The number of rotatable bonds is 4. The first kappa shape index (κ1) is 29.1. The van der Waals surface area contributed by atoms with Gasteiger partial charge in [-0.05, 0) is 62.0 Å². The van der Waals surface area contributed by atoms with E-state index in [0.717, 1.165) is 11.5 Å². The molecule has 43 heavy (non-hydrogen) atoms. The van der Waals surface area contributed by atoms with Gasteiger partial charge in [0, 0.05) is 28.1 Å². The molecule has 4 aliphatic rings. The Morgan fingerprint density at radius 1 is 1.16 bits per heavy atom. The Labute approximate surface area is 247 Å². The Morgan fingerprint density at radius 3 is 2.65 bits per heavy atom. The van der Waals surface area contributed by atoms with E-state index in [2.05, 4.69) is 4.98 Å². The van der Waals surface area contributed by atoms with Crippen LogP contribution in [0.5, 0.6) is 0 Å². The number of carbonyl (C=O) groups excluding carboxylic acids is 3. The Kier molecular flexibility index (Phi) is 6.62. The summed E-state index contributed by atoms with van der Waals surface area (Å²) in [4.78, 5) is 44.2. The second-order valence-corrected chi connectivity index (χ2v) is 12.7. The van der Waals surface area contributed by atoms with Crippen molar-refractivity contribution in [3.63, 3.8) is 0 Å². The number of hydrogen-bond donors (Lipinski definition) is 1. The number of alkyl halides is 2. The highest BCUT2D eigenvalue weighted by Crippen LogP contribution is 2.71. The lowest BCUT2D eigenvalue weighted by Crippen LogP contribution is -2.71. The van der Waals surface area contributed by atoms with E-state index in [-0.39, 0.29) is 30.5 Å². The smallest absolute Gasteiger partial charge is 0.358 e. The Morgan fingerprint density at radius 2 is 1.91 bits per heavy atom. The van der Waals surface area contributed by atoms with Gasteiger partial charge >= 0.3 is 11.9 Å². The number of halogens is 2. The number of fused-ring (bicyclic) bond motifs is 6. The normalized spacial score (nSPS) is 39.6. The van der Waals surface area contributed by atoms with Crippen molar-refractivity contribution >= 4 is 28.6 Å². The predicted molar refractivity (Wildman–Crippen MR) is 150 cm³/mol. The molecular formula is C33H32F2N2O6. The molecule has 6 rings (SSSR count). The molecule has 2 aromatic rings. The van der Waals surface area contributed by atoms with Gasteiger partial charge in [-0.25, -0.2) is 23.4 Å². The van der Waals surface area contributed by atoms with Gasteiger partial charge in [0.05, 0.1) is 11.6 Å². The van der Waals surface area contributed by atoms with Gasteiger partial charge in [-0.1, -0.05) is 44.2 Å². The van der Waals surface area contributed by atoms with Crippen LogP contribution in [0.4, 0.5) is 8.78 Å². The third kappa shape index (κ3) is 3.80. The molecule has 1 aromatic heterocycles. The molecule has 0 amide bonds. The monoisotopic (exact) mass is 590 g/mol. The Balaban J connectivity index is 1.45. The zero-order valence-electron chi connectivity index (χ0n) is 24.1. The minimum Gasteiger partial charge on any atom is -0.447 e. The van der Waals surface area contributed by atoms with Crippen LogP contribution in [0.3, 0.4) is 0 Å². The first-order chi connectivity index (χ1) is 20.3. The van der Waals surface area contributed by atoms with Gasteiger partial charge in [0.25, 0.3) is 0 Å². The molecule has 10 heteroatoms. The summed E-state index contributed by atoms with van der Waals surface area (Å²) >= 11 is 0. The quantitative estimate of drug-likeness (QED) is 0.505.